The molecule has 0 fully saturated rings. The van der Waals surface area contributed by atoms with Gasteiger partial charge in [-0.05, 0) is 36.2 Å². The Morgan fingerprint density at radius 2 is 2.15 bits per heavy atom. The molecule has 1 heterocycles. The summed E-state index contributed by atoms with van der Waals surface area (Å²) in [4.78, 5) is 4.05. The highest BCUT2D eigenvalue weighted by atomic mass is 16.5. The molecule has 3 N–H and O–H groups in total. The second-order valence-electron chi connectivity index (χ2n) is 4.64. The summed E-state index contributed by atoms with van der Waals surface area (Å²) in [6.45, 7) is 3.62. The zero-order chi connectivity index (χ0) is 14.2. The van der Waals surface area contributed by atoms with Gasteiger partial charge in [-0.2, -0.15) is 0 Å². The molecular weight excluding hydrogens is 250 g/mol. The lowest BCUT2D eigenvalue weighted by atomic mass is 10.2. The van der Waals surface area contributed by atoms with E-state index in [1.54, 1.807) is 6.20 Å². The van der Waals surface area contributed by atoms with Gasteiger partial charge in [-0.1, -0.05) is 25.5 Å². The Kier molecular flexibility index (Phi) is 5.24. The zero-order valence-corrected chi connectivity index (χ0v) is 11.8. The molecule has 0 atom stereocenters. The lowest BCUT2D eigenvalue weighted by molar-refractivity contribution is 0.309. The van der Waals surface area contributed by atoms with Crippen LogP contribution in [0.4, 0.5) is 11.5 Å². The number of hydrogen-bond donors (Lipinski definition) is 2. The second-order valence-corrected chi connectivity index (χ2v) is 4.64. The summed E-state index contributed by atoms with van der Waals surface area (Å²) in [7, 11) is 0. The van der Waals surface area contributed by atoms with Crippen molar-refractivity contribution in [1.82, 2.24) is 4.98 Å². The highest BCUT2D eigenvalue weighted by Crippen LogP contribution is 2.18. The maximum absolute atomic E-state index is 5.80. The Hall–Kier alpha value is -2.23. The van der Waals surface area contributed by atoms with Gasteiger partial charge in [0.25, 0.3) is 0 Å². The van der Waals surface area contributed by atoms with Crippen LogP contribution < -0.4 is 15.8 Å². The molecule has 0 aliphatic rings. The molecule has 2 rings (SSSR count). The Labute approximate surface area is 120 Å². The minimum absolute atomic E-state index is 0.517. The molecule has 2 aromatic rings. The van der Waals surface area contributed by atoms with Crippen molar-refractivity contribution in [2.45, 2.75) is 26.3 Å². The van der Waals surface area contributed by atoms with E-state index in [9.17, 15) is 0 Å². The van der Waals surface area contributed by atoms with Crippen LogP contribution in [0.1, 0.15) is 25.3 Å². The molecule has 20 heavy (non-hydrogen) atoms. The Morgan fingerprint density at radius 1 is 1.25 bits per heavy atom. The molecule has 0 radical (unpaired) electrons. The molecule has 0 saturated heterocycles. The van der Waals surface area contributed by atoms with Gasteiger partial charge in [0.15, 0.2) is 0 Å². The smallest absolute Gasteiger partial charge is 0.146 e. The fourth-order valence-electron chi connectivity index (χ4n) is 1.84. The number of aromatic nitrogens is 1. The van der Waals surface area contributed by atoms with Gasteiger partial charge in [0.1, 0.15) is 11.6 Å². The molecule has 0 amide bonds. The molecule has 0 unspecified atom stereocenters. The standard InChI is InChI=1S/C16H21N3O/c1-2-3-10-20-14-7-4-6-13(11-14)12-19-15-8-5-9-18-16(15)17/h4-9,11,19H,2-3,10,12H2,1H3,(H2,17,18). The number of pyridine rings is 1. The predicted molar refractivity (Wildman–Crippen MR) is 82.8 cm³/mol. The van der Waals surface area contributed by atoms with Crippen LogP contribution >= 0.6 is 0 Å². The molecule has 0 aliphatic heterocycles. The van der Waals surface area contributed by atoms with Gasteiger partial charge in [0.05, 0.1) is 12.3 Å². The number of nitrogens with zero attached hydrogens (tertiary/aromatic N) is 1. The summed E-state index contributed by atoms with van der Waals surface area (Å²) in [5, 5.41) is 3.28. The quantitative estimate of drug-likeness (QED) is 0.757. The number of hydrogen-bond acceptors (Lipinski definition) is 4. The van der Waals surface area contributed by atoms with Gasteiger partial charge in [-0.15, -0.1) is 0 Å². The summed E-state index contributed by atoms with van der Waals surface area (Å²) >= 11 is 0. The number of nitrogens with one attached hydrogen (secondary N) is 1. The van der Waals surface area contributed by atoms with Crippen LogP contribution in [0.25, 0.3) is 0 Å². The van der Waals surface area contributed by atoms with Crippen molar-refractivity contribution in [2.75, 3.05) is 17.7 Å². The molecule has 0 aliphatic carbocycles. The maximum Gasteiger partial charge on any atom is 0.146 e. The van der Waals surface area contributed by atoms with E-state index in [2.05, 4.69) is 29.4 Å². The fraction of sp³-hybridized carbons (Fsp3) is 0.312. The minimum atomic E-state index is 0.517. The lowest BCUT2D eigenvalue weighted by Gasteiger charge is -2.10. The monoisotopic (exact) mass is 271 g/mol. The third kappa shape index (κ3) is 4.16. The van der Waals surface area contributed by atoms with Gasteiger partial charge in [0.2, 0.25) is 0 Å². The van der Waals surface area contributed by atoms with E-state index in [-0.39, 0.29) is 0 Å². The van der Waals surface area contributed by atoms with Crippen LogP contribution in [0, 0.1) is 0 Å². The van der Waals surface area contributed by atoms with E-state index >= 15 is 0 Å². The first-order valence-electron chi connectivity index (χ1n) is 6.95. The van der Waals surface area contributed by atoms with Crippen molar-refractivity contribution in [3.8, 4) is 5.75 Å². The first-order valence-corrected chi connectivity index (χ1v) is 6.95. The van der Waals surface area contributed by atoms with E-state index in [0.717, 1.165) is 36.4 Å². The molecule has 1 aromatic heterocycles. The molecule has 0 bridgehead atoms. The number of anilines is 2. The van der Waals surface area contributed by atoms with Gasteiger partial charge in [-0.25, -0.2) is 4.98 Å². The van der Waals surface area contributed by atoms with E-state index in [0.29, 0.717) is 12.4 Å². The normalized spacial score (nSPS) is 10.2. The topological polar surface area (TPSA) is 60.2 Å². The third-order valence-corrected chi connectivity index (χ3v) is 2.99. The fourth-order valence-corrected chi connectivity index (χ4v) is 1.84. The summed E-state index contributed by atoms with van der Waals surface area (Å²) < 4.78 is 5.70. The van der Waals surface area contributed by atoms with E-state index in [1.807, 2.05) is 24.3 Å². The van der Waals surface area contributed by atoms with Crippen LogP contribution in [0.15, 0.2) is 42.6 Å². The largest absolute Gasteiger partial charge is 0.494 e. The number of rotatable bonds is 7. The van der Waals surface area contributed by atoms with Crippen LogP contribution in [0.3, 0.4) is 0 Å². The van der Waals surface area contributed by atoms with Crippen LogP contribution in [-0.4, -0.2) is 11.6 Å². The predicted octanol–water partition coefficient (Wildman–Crippen LogP) is 3.45. The van der Waals surface area contributed by atoms with Crippen molar-refractivity contribution < 1.29 is 4.74 Å². The first-order chi connectivity index (χ1) is 9.79. The Balaban J connectivity index is 1.93. The zero-order valence-electron chi connectivity index (χ0n) is 11.8. The van der Waals surface area contributed by atoms with Crippen molar-refractivity contribution in [3.05, 3.63) is 48.2 Å². The van der Waals surface area contributed by atoms with Crippen molar-refractivity contribution in [2.24, 2.45) is 0 Å². The van der Waals surface area contributed by atoms with Gasteiger partial charge in [-0.3, -0.25) is 0 Å². The lowest BCUT2D eigenvalue weighted by Crippen LogP contribution is -2.04. The molecule has 0 spiro atoms. The molecule has 106 valence electrons. The SMILES string of the molecule is CCCCOc1cccc(CNc2cccnc2N)c1. The maximum atomic E-state index is 5.80. The van der Waals surface area contributed by atoms with Gasteiger partial charge >= 0.3 is 0 Å². The molecule has 4 heteroatoms. The highest BCUT2D eigenvalue weighted by molar-refractivity contribution is 5.61. The molecule has 0 saturated carbocycles. The number of ether oxygens (including phenoxy) is 1. The van der Waals surface area contributed by atoms with Crippen molar-refractivity contribution in [3.63, 3.8) is 0 Å². The second kappa shape index (κ2) is 7.38. The Morgan fingerprint density at radius 3 is 2.95 bits per heavy atom. The summed E-state index contributed by atoms with van der Waals surface area (Å²) in [5.41, 5.74) is 7.80. The van der Waals surface area contributed by atoms with E-state index < -0.39 is 0 Å². The summed E-state index contributed by atoms with van der Waals surface area (Å²) in [6, 6.07) is 11.9. The molecular formula is C16H21N3O. The average Bonchev–Trinajstić information content (AvgIpc) is 2.47. The van der Waals surface area contributed by atoms with Gasteiger partial charge in [0, 0.05) is 12.7 Å². The number of nitrogens with two attached hydrogens (primary N) is 1. The van der Waals surface area contributed by atoms with E-state index in [1.165, 1.54) is 0 Å². The number of unbranched alkanes of at least 4 members (excludes halogenated alkanes) is 1. The highest BCUT2D eigenvalue weighted by Gasteiger charge is 2.00. The summed E-state index contributed by atoms with van der Waals surface area (Å²) in [5.74, 6) is 1.43. The average molecular weight is 271 g/mol. The number of nitrogen functional groups attached to an aromatic ring is 1. The van der Waals surface area contributed by atoms with Crippen LogP contribution in [0.2, 0.25) is 0 Å². The first kappa shape index (κ1) is 14.2. The number of benzene rings is 1. The van der Waals surface area contributed by atoms with E-state index in [4.69, 9.17) is 10.5 Å². The van der Waals surface area contributed by atoms with Crippen LogP contribution in [-0.2, 0) is 6.54 Å². The minimum Gasteiger partial charge on any atom is -0.494 e. The summed E-state index contributed by atoms with van der Waals surface area (Å²) in [6.07, 6.45) is 3.90. The molecule has 4 nitrogen and oxygen atoms in total. The van der Waals surface area contributed by atoms with Crippen molar-refractivity contribution in [1.29, 1.82) is 0 Å². The molecule has 1 aromatic carbocycles. The third-order valence-electron chi connectivity index (χ3n) is 2.99. The Bertz CT molecular complexity index is 543. The van der Waals surface area contributed by atoms with Crippen molar-refractivity contribution >= 4 is 11.5 Å². The van der Waals surface area contributed by atoms with Crippen LogP contribution in [0.5, 0.6) is 5.75 Å². The van der Waals surface area contributed by atoms with Gasteiger partial charge < -0.3 is 15.8 Å².